The van der Waals surface area contributed by atoms with Crippen molar-refractivity contribution in [3.05, 3.63) is 23.8 Å². The van der Waals surface area contributed by atoms with Crippen molar-refractivity contribution in [2.45, 2.75) is 32.6 Å². The van der Waals surface area contributed by atoms with E-state index >= 15 is 0 Å². The number of hydrogen-bond acceptors (Lipinski definition) is 2. The van der Waals surface area contributed by atoms with E-state index in [1.807, 2.05) is 0 Å². The molecule has 0 spiro atoms. The highest BCUT2D eigenvalue weighted by atomic mass is 19.2. The predicted octanol–water partition coefficient (Wildman–Crippen LogP) is 3.51. The summed E-state index contributed by atoms with van der Waals surface area (Å²) in [6.45, 7) is 2.47. The van der Waals surface area contributed by atoms with E-state index < -0.39 is 11.6 Å². The van der Waals surface area contributed by atoms with Gasteiger partial charge in [-0.15, -0.1) is 0 Å². The number of benzene rings is 1. The number of ether oxygens (including phenoxy) is 1. The van der Waals surface area contributed by atoms with Crippen LogP contribution < -0.4 is 10.5 Å². The molecule has 0 atom stereocenters. The van der Waals surface area contributed by atoms with E-state index in [9.17, 15) is 8.78 Å². The summed E-state index contributed by atoms with van der Waals surface area (Å²) in [7, 11) is 0. The highest BCUT2D eigenvalue weighted by Gasteiger charge is 2.12. The summed E-state index contributed by atoms with van der Waals surface area (Å²) >= 11 is 0. The van der Waals surface area contributed by atoms with E-state index in [0.717, 1.165) is 31.7 Å². The van der Waals surface area contributed by atoms with Crippen molar-refractivity contribution in [2.24, 2.45) is 0 Å². The minimum absolute atomic E-state index is 0.134. The first kappa shape index (κ1) is 12.7. The fraction of sp³-hybridized carbons (Fsp3) is 0.500. The smallest absolute Gasteiger partial charge is 0.202 e. The summed E-state index contributed by atoms with van der Waals surface area (Å²) < 4.78 is 31.3. The van der Waals surface area contributed by atoms with Gasteiger partial charge in [-0.05, 0) is 18.6 Å². The van der Waals surface area contributed by atoms with Crippen LogP contribution in [0.3, 0.4) is 0 Å². The van der Waals surface area contributed by atoms with Gasteiger partial charge in [-0.25, -0.2) is 4.39 Å². The molecule has 0 aliphatic rings. The van der Waals surface area contributed by atoms with Crippen LogP contribution in [-0.2, 0) is 0 Å². The predicted molar refractivity (Wildman–Crippen MR) is 60.4 cm³/mol. The van der Waals surface area contributed by atoms with Crippen LogP contribution in [0.1, 0.15) is 32.6 Å². The van der Waals surface area contributed by atoms with Crippen LogP contribution in [0.4, 0.5) is 14.5 Å². The van der Waals surface area contributed by atoms with Crippen molar-refractivity contribution in [1.29, 1.82) is 0 Å². The molecule has 1 rings (SSSR count). The molecule has 0 unspecified atom stereocenters. The molecule has 16 heavy (non-hydrogen) atoms. The van der Waals surface area contributed by atoms with Gasteiger partial charge in [-0.3, -0.25) is 0 Å². The first-order valence-electron chi connectivity index (χ1n) is 5.53. The van der Waals surface area contributed by atoms with E-state index in [-0.39, 0.29) is 11.4 Å². The molecule has 90 valence electrons. The fourth-order valence-corrected chi connectivity index (χ4v) is 1.40. The Hall–Kier alpha value is -1.32. The quantitative estimate of drug-likeness (QED) is 0.598. The van der Waals surface area contributed by atoms with Crippen LogP contribution in [0.2, 0.25) is 0 Å². The number of anilines is 1. The topological polar surface area (TPSA) is 35.2 Å². The van der Waals surface area contributed by atoms with Crippen molar-refractivity contribution in [2.75, 3.05) is 12.3 Å². The highest BCUT2D eigenvalue weighted by molar-refractivity contribution is 5.53. The lowest BCUT2D eigenvalue weighted by Crippen LogP contribution is -2.04. The lowest BCUT2D eigenvalue weighted by molar-refractivity contribution is 0.287. The molecule has 0 saturated heterocycles. The average Bonchev–Trinajstić information content (AvgIpc) is 2.28. The molecule has 2 N–H and O–H groups in total. The number of unbranched alkanes of at least 4 members (excludes halogenated alkanes) is 3. The number of nitrogens with two attached hydrogens (primary N) is 1. The highest BCUT2D eigenvalue weighted by Crippen LogP contribution is 2.27. The lowest BCUT2D eigenvalue weighted by atomic mass is 10.2. The summed E-state index contributed by atoms with van der Waals surface area (Å²) in [5, 5.41) is 0. The van der Waals surface area contributed by atoms with E-state index in [1.54, 1.807) is 0 Å². The molecule has 4 heteroatoms. The molecule has 2 nitrogen and oxygen atoms in total. The molecule has 0 amide bonds. The Balaban J connectivity index is 2.50. The lowest BCUT2D eigenvalue weighted by Gasteiger charge is -2.09. The number of halogens is 2. The van der Waals surface area contributed by atoms with Gasteiger partial charge in [0.1, 0.15) is 0 Å². The van der Waals surface area contributed by atoms with Crippen molar-refractivity contribution in [3.63, 3.8) is 0 Å². The Morgan fingerprint density at radius 2 is 1.94 bits per heavy atom. The Morgan fingerprint density at radius 1 is 1.19 bits per heavy atom. The minimum Gasteiger partial charge on any atom is -0.488 e. The second-order valence-corrected chi connectivity index (χ2v) is 3.69. The summed E-state index contributed by atoms with van der Waals surface area (Å²) in [5.41, 5.74) is 5.63. The molecule has 0 heterocycles. The van der Waals surface area contributed by atoms with Gasteiger partial charge in [0.2, 0.25) is 5.82 Å². The third-order valence-electron chi connectivity index (χ3n) is 2.32. The van der Waals surface area contributed by atoms with Crippen molar-refractivity contribution >= 4 is 5.69 Å². The van der Waals surface area contributed by atoms with Crippen molar-refractivity contribution in [1.82, 2.24) is 0 Å². The Morgan fingerprint density at radius 3 is 2.62 bits per heavy atom. The molecule has 0 radical (unpaired) electrons. The first-order chi connectivity index (χ1) is 7.66. The van der Waals surface area contributed by atoms with E-state index in [0.29, 0.717) is 6.61 Å². The Kier molecular flexibility index (Phi) is 5.02. The van der Waals surface area contributed by atoms with Crippen LogP contribution in [0, 0.1) is 11.6 Å². The monoisotopic (exact) mass is 229 g/mol. The maximum atomic E-state index is 13.3. The van der Waals surface area contributed by atoms with Gasteiger partial charge in [-0.2, -0.15) is 4.39 Å². The average molecular weight is 229 g/mol. The number of nitrogen functional groups attached to an aromatic ring is 1. The first-order valence-corrected chi connectivity index (χ1v) is 5.53. The second-order valence-electron chi connectivity index (χ2n) is 3.69. The van der Waals surface area contributed by atoms with E-state index in [1.165, 1.54) is 6.07 Å². The fourth-order valence-electron chi connectivity index (χ4n) is 1.40. The SMILES string of the molecule is CCCCCCOc1c(N)ccc(F)c1F. The summed E-state index contributed by atoms with van der Waals surface area (Å²) in [4.78, 5) is 0. The maximum absolute atomic E-state index is 13.3. The number of hydrogen-bond donors (Lipinski definition) is 1. The van der Waals surface area contributed by atoms with Gasteiger partial charge < -0.3 is 10.5 Å². The molecular formula is C12H17F2NO. The van der Waals surface area contributed by atoms with E-state index in [4.69, 9.17) is 10.5 Å². The molecule has 0 aromatic heterocycles. The summed E-state index contributed by atoms with van der Waals surface area (Å²) in [5.74, 6) is -2.11. The van der Waals surface area contributed by atoms with Gasteiger partial charge in [0.05, 0.1) is 12.3 Å². The largest absolute Gasteiger partial charge is 0.488 e. The minimum atomic E-state index is -1.00. The molecule has 0 bridgehead atoms. The zero-order chi connectivity index (χ0) is 12.0. The summed E-state index contributed by atoms with van der Waals surface area (Å²) in [6, 6.07) is 2.30. The van der Waals surface area contributed by atoms with Gasteiger partial charge in [0.15, 0.2) is 11.6 Å². The number of rotatable bonds is 6. The van der Waals surface area contributed by atoms with Crippen LogP contribution in [0.5, 0.6) is 5.75 Å². The van der Waals surface area contributed by atoms with Crippen LogP contribution in [-0.4, -0.2) is 6.61 Å². The zero-order valence-corrected chi connectivity index (χ0v) is 9.43. The van der Waals surface area contributed by atoms with Crippen LogP contribution >= 0.6 is 0 Å². The molecule has 0 fully saturated rings. The van der Waals surface area contributed by atoms with Gasteiger partial charge in [0, 0.05) is 0 Å². The molecule has 0 aliphatic carbocycles. The van der Waals surface area contributed by atoms with Gasteiger partial charge in [0.25, 0.3) is 0 Å². The third-order valence-corrected chi connectivity index (χ3v) is 2.32. The van der Waals surface area contributed by atoms with E-state index in [2.05, 4.69) is 6.92 Å². The standard InChI is InChI=1S/C12H17F2NO/c1-2-3-4-5-8-16-12-10(15)7-6-9(13)11(12)14/h6-7H,2-5,8,15H2,1H3. The summed E-state index contributed by atoms with van der Waals surface area (Å²) in [6.07, 6.45) is 4.08. The molecule has 0 saturated carbocycles. The van der Waals surface area contributed by atoms with Crippen LogP contribution in [0.25, 0.3) is 0 Å². The van der Waals surface area contributed by atoms with Crippen LogP contribution in [0.15, 0.2) is 12.1 Å². The van der Waals surface area contributed by atoms with Gasteiger partial charge >= 0.3 is 0 Å². The Labute approximate surface area is 94.4 Å². The second kappa shape index (κ2) is 6.30. The maximum Gasteiger partial charge on any atom is 0.202 e. The third kappa shape index (κ3) is 3.36. The normalized spacial score (nSPS) is 10.4. The molecule has 0 aliphatic heterocycles. The zero-order valence-electron chi connectivity index (χ0n) is 9.43. The molecule has 1 aromatic rings. The molecular weight excluding hydrogens is 212 g/mol. The molecule has 1 aromatic carbocycles. The van der Waals surface area contributed by atoms with Crippen molar-refractivity contribution in [3.8, 4) is 5.75 Å². The Bertz CT molecular complexity index is 342. The van der Waals surface area contributed by atoms with Crippen molar-refractivity contribution < 1.29 is 13.5 Å². The van der Waals surface area contributed by atoms with Gasteiger partial charge in [-0.1, -0.05) is 26.2 Å².